The lowest BCUT2D eigenvalue weighted by atomic mass is 9.84. The Hall–Kier alpha value is -0.120. The van der Waals surface area contributed by atoms with Gasteiger partial charge in [-0.05, 0) is 44.3 Å². The molecule has 0 spiro atoms. The molecule has 0 radical (unpaired) electrons. The van der Waals surface area contributed by atoms with Gasteiger partial charge in [-0.1, -0.05) is 34.6 Å². The van der Waals surface area contributed by atoms with Crippen LogP contribution >= 0.6 is 0 Å². The van der Waals surface area contributed by atoms with Crippen molar-refractivity contribution in [1.82, 2.24) is 9.80 Å². The average Bonchev–Trinajstić information content (AvgIpc) is 2.37. The van der Waals surface area contributed by atoms with Crippen molar-refractivity contribution in [3.63, 3.8) is 0 Å². The summed E-state index contributed by atoms with van der Waals surface area (Å²) in [5, 5.41) is 0. The van der Waals surface area contributed by atoms with Gasteiger partial charge in [-0.15, -0.1) is 0 Å². The summed E-state index contributed by atoms with van der Waals surface area (Å²) in [7, 11) is 0. The van der Waals surface area contributed by atoms with Crippen molar-refractivity contribution in [1.29, 1.82) is 0 Å². The molecule has 1 aliphatic rings. The second-order valence-corrected chi connectivity index (χ2v) is 7.06. The van der Waals surface area contributed by atoms with E-state index >= 15 is 0 Å². The third-order valence-electron chi connectivity index (χ3n) is 4.46. The van der Waals surface area contributed by atoms with Crippen LogP contribution in [0.15, 0.2) is 0 Å². The van der Waals surface area contributed by atoms with Crippen LogP contribution in [-0.2, 0) is 0 Å². The third kappa shape index (κ3) is 4.73. The molecule has 0 saturated carbocycles. The SMILES string of the molecule is CCN1CCC(CN)(N(CC(C)C)CC(C)C)CC1. The highest BCUT2D eigenvalue weighted by atomic mass is 15.2. The van der Waals surface area contributed by atoms with E-state index in [9.17, 15) is 0 Å². The van der Waals surface area contributed by atoms with Crippen molar-refractivity contribution in [2.75, 3.05) is 39.3 Å². The van der Waals surface area contributed by atoms with Crippen molar-refractivity contribution in [2.45, 2.75) is 53.0 Å². The van der Waals surface area contributed by atoms with Gasteiger partial charge in [0.25, 0.3) is 0 Å². The fourth-order valence-corrected chi connectivity index (χ4v) is 3.28. The number of nitrogens with two attached hydrogens (primary N) is 1. The molecule has 0 unspecified atom stereocenters. The van der Waals surface area contributed by atoms with Gasteiger partial charge < -0.3 is 10.6 Å². The standard InChI is InChI=1S/C16H35N3/c1-6-18-9-7-16(13-17,8-10-18)19(11-14(2)3)12-15(4)5/h14-15H,6-13,17H2,1-5H3. The molecule has 114 valence electrons. The summed E-state index contributed by atoms with van der Waals surface area (Å²) in [4.78, 5) is 5.26. The van der Waals surface area contributed by atoms with E-state index in [0.717, 1.165) is 6.54 Å². The van der Waals surface area contributed by atoms with Crippen molar-refractivity contribution in [3.05, 3.63) is 0 Å². The van der Waals surface area contributed by atoms with E-state index in [1.807, 2.05) is 0 Å². The van der Waals surface area contributed by atoms with Gasteiger partial charge in [0.1, 0.15) is 0 Å². The highest BCUT2D eigenvalue weighted by Crippen LogP contribution is 2.29. The summed E-state index contributed by atoms with van der Waals surface area (Å²) in [6, 6.07) is 0. The van der Waals surface area contributed by atoms with Crippen LogP contribution < -0.4 is 5.73 Å². The minimum atomic E-state index is 0.250. The Morgan fingerprint density at radius 1 is 1.05 bits per heavy atom. The molecule has 1 aliphatic heterocycles. The maximum Gasteiger partial charge on any atom is 0.0356 e. The van der Waals surface area contributed by atoms with Crippen LogP contribution in [0.2, 0.25) is 0 Å². The van der Waals surface area contributed by atoms with Crippen molar-refractivity contribution >= 4 is 0 Å². The van der Waals surface area contributed by atoms with Crippen LogP contribution in [0.1, 0.15) is 47.5 Å². The third-order valence-corrected chi connectivity index (χ3v) is 4.46. The maximum atomic E-state index is 6.22. The summed E-state index contributed by atoms with van der Waals surface area (Å²) >= 11 is 0. The molecule has 2 N–H and O–H groups in total. The zero-order valence-corrected chi connectivity index (χ0v) is 13.8. The second-order valence-electron chi connectivity index (χ2n) is 7.06. The highest BCUT2D eigenvalue weighted by Gasteiger charge is 2.38. The van der Waals surface area contributed by atoms with Gasteiger partial charge in [-0.3, -0.25) is 4.90 Å². The maximum absolute atomic E-state index is 6.22. The largest absolute Gasteiger partial charge is 0.329 e. The molecule has 19 heavy (non-hydrogen) atoms. The first-order chi connectivity index (χ1) is 8.93. The lowest BCUT2D eigenvalue weighted by Crippen LogP contribution is -2.60. The molecule has 1 saturated heterocycles. The summed E-state index contributed by atoms with van der Waals surface area (Å²) in [5.74, 6) is 1.43. The molecular weight excluding hydrogens is 234 g/mol. The number of piperidine rings is 1. The van der Waals surface area contributed by atoms with Gasteiger partial charge in [-0.25, -0.2) is 0 Å². The Labute approximate surface area is 120 Å². The summed E-state index contributed by atoms with van der Waals surface area (Å²) in [5.41, 5.74) is 6.47. The number of nitrogens with zero attached hydrogens (tertiary/aromatic N) is 2. The Morgan fingerprint density at radius 3 is 1.84 bits per heavy atom. The predicted octanol–water partition coefficient (Wildman–Crippen LogP) is 2.41. The summed E-state index contributed by atoms with van der Waals surface area (Å²) < 4.78 is 0. The van der Waals surface area contributed by atoms with E-state index < -0.39 is 0 Å². The van der Waals surface area contributed by atoms with Gasteiger partial charge in [0.2, 0.25) is 0 Å². The van der Waals surface area contributed by atoms with Gasteiger partial charge in [-0.2, -0.15) is 0 Å². The molecule has 1 heterocycles. The van der Waals surface area contributed by atoms with E-state index in [0.29, 0.717) is 11.8 Å². The summed E-state index contributed by atoms with van der Waals surface area (Å²) in [6.45, 7) is 18.3. The summed E-state index contributed by atoms with van der Waals surface area (Å²) in [6.07, 6.45) is 2.47. The van der Waals surface area contributed by atoms with Crippen molar-refractivity contribution in [3.8, 4) is 0 Å². The molecule has 0 aromatic carbocycles. The van der Waals surface area contributed by atoms with Crippen LogP contribution in [0, 0.1) is 11.8 Å². The van der Waals surface area contributed by atoms with Crippen LogP contribution in [0.3, 0.4) is 0 Å². The Bertz CT molecular complexity index is 232. The number of hydrogen-bond donors (Lipinski definition) is 1. The Kier molecular flexibility index (Phi) is 6.78. The lowest BCUT2D eigenvalue weighted by molar-refractivity contribution is 0.0127. The molecule has 1 rings (SSSR count). The smallest absolute Gasteiger partial charge is 0.0356 e. The quantitative estimate of drug-likeness (QED) is 0.770. The first kappa shape index (κ1) is 16.9. The van der Waals surface area contributed by atoms with E-state index in [1.54, 1.807) is 0 Å². The number of likely N-dealkylation sites (tertiary alicyclic amines) is 1. The highest BCUT2D eigenvalue weighted by molar-refractivity contribution is 4.96. The van der Waals surface area contributed by atoms with E-state index in [4.69, 9.17) is 5.73 Å². The van der Waals surface area contributed by atoms with Crippen molar-refractivity contribution in [2.24, 2.45) is 17.6 Å². The molecule has 0 aromatic rings. The number of rotatable bonds is 7. The van der Waals surface area contributed by atoms with Crippen LogP contribution in [0.4, 0.5) is 0 Å². The molecule has 3 nitrogen and oxygen atoms in total. The fraction of sp³-hybridized carbons (Fsp3) is 1.00. The molecule has 3 heteroatoms. The normalized spacial score (nSPS) is 20.7. The first-order valence-corrected chi connectivity index (χ1v) is 8.11. The lowest BCUT2D eigenvalue weighted by Gasteiger charge is -2.49. The molecule has 0 aromatic heterocycles. The second kappa shape index (κ2) is 7.61. The molecule has 0 bridgehead atoms. The van der Waals surface area contributed by atoms with Crippen LogP contribution in [0.5, 0.6) is 0 Å². The zero-order valence-electron chi connectivity index (χ0n) is 13.8. The van der Waals surface area contributed by atoms with Gasteiger partial charge in [0.05, 0.1) is 0 Å². The van der Waals surface area contributed by atoms with E-state index in [-0.39, 0.29) is 5.54 Å². The molecular formula is C16H35N3. The van der Waals surface area contributed by atoms with Gasteiger partial charge in [0.15, 0.2) is 0 Å². The Morgan fingerprint density at radius 2 is 1.53 bits per heavy atom. The topological polar surface area (TPSA) is 32.5 Å². The van der Waals surface area contributed by atoms with E-state index in [2.05, 4.69) is 44.4 Å². The molecule has 0 amide bonds. The average molecular weight is 269 g/mol. The molecule has 1 fully saturated rings. The minimum absolute atomic E-state index is 0.250. The fourth-order valence-electron chi connectivity index (χ4n) is 3.28. The van der Waals surface area contributed by atoms with Crippen molar-refractivity contribution < 1.29 is 0 Å². The monoisotopic (exact) mass is 269 g/mol. The number of hydrogen-bond acceptors (Lipinski definition) is 3. The molecule has 0 atom stereocenters. The van der Waals surface area contributed by atoms with Crippen LogP contribution in [0.25, 0.3) is 0 Å². The predicted molar refractivity (Wildman–Crippen MR) is 84.4 cm³/mol. The van der Waals surface area contributed by atoms with Gasteiger partial charge in [0, 0.05) is 25.2 Å². The zero-order chi connectivity index (χ0) is 14.5. The first-order valence-electron chi connectivity index (χ1n) is 8.11. The van der Waals surface area contributed by atoms with Gasteiger partial charge >= 0.3 is 0 Å². The van der Waals surface area contributed by atoms with Crippen LogP contribution in [-0.4, -0.2) is 54.6 Å². The Balaban J connectivity index is 2.76. The minimum Gasteiger partial charge on any atom is -0.329 e. The molecule has 0 aliphatic carbocycles. The van der Waals surface area contributed by atoms with E-state index in [1.165, 1.54) is 45.6 Å².